The van der Waals surface area contributed by atoms with Gasteiger partial charge in [0.15, 0.2) is 0 Å². The second-order valence-electron chi connectivity index (χ2n) is 11.3. The van der Waals surface area contributed by atoms with Gasteiger partial charge in [-0.15, -0.1) is 0 Å². The quantitative estimate of drug-likeness (QED) is 0.302. The molecule has 1 aliphatic carbocycles. The van der Waals surface area contributed by atoms with Crippen LogP contribution in [0.5, 0.6) is 11.6 Å². The van der Waals surface area contributed by atoms with Gasteiger partial charge in [-0.1, -0.05) is 31.4 Å². The number of hydrogen-bond acceptors (Lipinski definition) is 7. The Bertz CT molecular complexity index is 1350. The molecule has 1 saturated carbocycles. The predicted molar refractivity (Wildman–Crippen MR) is 157 cm³/mol. The fourth-order valence-electron chi connectivity index (χ4n) is 6.34. The number of aromatic nitrogens is 3. The Labute approximate surface area is 242 Å². The number of anilines is 1. The van der Waals surface area contributed by atoms with Gasteiger partial charge in [-0.25, -0.2) is 9.67 Å². The number of fused-ring (bicyclic) bond motifs is 1. The van der Waals surface area contributed by atoms with E-state index in [1.807, 2.05) is 19.2 Å². The van der Waals surface area contributed by atoms with Crippen molar-refractivity contribution in [1.82, 2.24) is 14.8 Å². The topological polar surface area (TPSA) is 108 Å². The van der Waals surface area contributed by atoms with Crippen molar-refractivity contribution >= 4 is 11.8 Å². The lowest BCUT2D eigenvalue weighted by atomic mass is 9.77. The zero-order valence-corrected chi connectivity index (χ0v) is 24.4. The largest absolute Gasteiger partial charge is 0.496 e. The van der Waals surface area contributed by atoms with Crippen LogP contribution in [0.4, 0.5) is 5.82 Å². The SMILES string of the molecule is COc1ccc(C2(OC)CCCCC2)cc1C(CC(=O)O)Cc1cc(OCCc2ccc3c(n2)NCCC3)n(C)n1. The summed E-state index contributed by atoms with van der Waals surface area (Å²) in [4.78, 5) is 16.7. The Kier molecular flexibility index (Phi) is 9.12. The van der Waals surface area contributed by atoms with E-state index in [0.717, 1.165) is 73.4 Å². The van der Waals surface area contributed by atoms with Crippen LogP contribution in [0.25, 0.3) is 0 Å². The number of benzene rings is 1. The second-order valence-corrected chi connectivity index (χ2v) is 11.3. The molecular weight excluding hydrogens is 520 g/mol. The molecule has 1 fully saturated rings. The summed E-state index contributed by atoms with van der Waals surface area (Å²) in [6.45, 7) is 1.43. The van der Waals surface area contributed by atoms with Gasteiger partial charge in [0.25, 0.3) is 0 Å². The number of nitrogens with one attached hydrogen (secondary N) is 1. The minimum Gasteiger partial charge on any atom is -0.496 e. The molecule has 3 heterocycles. The monoisotopic (exact) mass is 562 g/mol. The first-order chi connectivity index (χ1) is 19.9. The van der Waals surface area contributed by atoms with E-state index in [4.69, 9.17) is 19.2 Å². The van der Waals surface area contributed by atoms with Gasteiger partial charge in [0.05, 0.1) is 31.4 Å². The number of hydrogen-bond donors (Lipinski definition) is 2. The Morgan fingerprint density at radius 3 is 2.68 bits per heavy atom. The van der Waals surface area contributed by atoms with Gasteiger partial charge in [0.1, 0.15) is 11.6 Å². The summed E-state index contributed by atoms with van der Waals surface area (Å²) in [5, 5.41) is 17.9. The summed E-state index contributed by atoms with van der Waals surface area (Å²) in [6.07, 6.45) is 8.65. The zero-order chi connectivity index (χ0) is 28.8. The fourth-order valence-corrected chi connectivity index (χ4v) is 6.34. The number of ether oxygens (including phenoxy) is 3. The lowest BCUT2D eigenvalue weighted by molar-refractivity contribution is -0.137. The number of aliphatic carboxylic acids is 1. The number of aryl methyl sites for hydroxylation is 2. The van der Waals surface area contributed by atoms with E-state index in [-0.39, 0.29) is 17.9 Å². The van der Waals surface area contributed by atoms with Crippen LogP contribution in [-0.2, 0) is 41.4 Å². The number of carbonyl (C=O) groups is 1. The molecule has 1 atom stereocenters. The number of pyridine rings is 1. The highest BCUT2D eigenvalue weighted by Gasteiger charge is 2.35. The molecule has 220 valence electrons. The molecule has 2 N–H and O–H groups in total. The molecule has 2 aliphatic rings. The molecule has 0 radical (unpaired) electrons. The van der Waals surface area contributed by atoms with Crippen molar-refractivity contribution in [3.8, 4) is 11.6 Å². The van der Waals surface area contributed by atoms with Crippen LogP contribution in [0.1, 0.15) is 78.9 Å². The molecule has 9 heteroatoms. The van der Waals surface area contributed by atoms with Crippen molar-refractivity contribution in [2.75, 3.05) is 32.7 Å². The van der Waals surface area contributed by atoms with Gasteiger partial charge < -0.3 is 24.6 Å². The Morgan fingerprint density at radius 2 is 1.93 bits per heavy atom. The van der Waals surface area contributed by atoms with Crippen molar-refractivity contribution in [3.05, 3.63) is 64.5 Å². The van der Waals surface area contributed by atoms with Crippen molar-refractivity contribution in [2.45, 2.75) is 75.7 Å². The number of nitrogens with zero attached hydrogens (tertiary/aromatic N) is 3. The molecule has 5 rings (SSSR count). The maximum atomic E-state index is 12.0. The molecule has 9 nitrogen and oxygen atoms in total. The van der Waals surface area contributed by atoms with Crippen LogP contribution >= 0.6 is 0 Å². The molecule has 0 bridgehead atoms. The average molecular weight is 563 g/mol. The molecule has 3 aromatic rings. The van der Waals surface area contributed by atoms with Crippen molar-refractivity contribution in [2.24, 2.45) is 7.05 Å². The Balaban J connectivity index is 1.32. The van der Waals surface area contributed by atoms with E-state index in [1.54, 1.807) is 18.9 Å². The summed E-state index contributed by atoms with van der Waals surface area (Å²) >= 11 is 0. The number of methoxy groups -OCH3 is 2. The van der Waals surface area contributed by atoms with Gasteiger partial charge in [-0.2, -0.15) is 5.10 Å². The minimum absolute atomic E-state index is 0.0371. The van der Waals surface area contributed by atoms with E-state index in [9.17, 15) is 9.90 Å². The third-order valence-corrected chi connectivity index (χ3v) is 8.57. The summed E-state index contributed by atoms with van der Waals surface area (Å²) < 4.78 is 19.6. The van der Waals surface area contributed by atoms with Gasteiger partial charge in [0, 0.05) is 44.8 Å². The highest BCUT2D eigenvalue weighted by molar-refractivity contribution is 5.68. The molecule has 0 saturated heterocycles. The lowest BCUT2D eigenvalue weighted by Crippen LogP contribution is -2.31. The van der Waals surface area contributed by atoms with Crippen molar-refractivity contribution in [3.63, 3.8) is 0 Å². The number of rotatable bonds is 12. The third-order valence-electron chi connectivity index (χ3n) is 8.57. The van der Waals surface area contributed by atoms with E-state index < -0.39 is 5.97 Å². The van der Waals surface area contributed by atoms with E-state index in [2.05, 4.69) is 34.7 Å². The number of carboxylic acids is 1. The van der Waals surface area contributed by atoms with Gasteiger partial charge in [-0.05, 0) is 67.0 Å². The molecule has 1 aliphatic heterocycles. The predicted octanol–water partition coefficient (Wildman–Crippen LogP) is 5.41. The summed E-state index contributed by atoms with van der Waals surface area (Å²) in [5.41, 5.74) is 4.64. The molecule has 0 amide bonds. The van der Waals surface area contributed by atoms with Crippen LogP contribution in [0.2, 0.25) is 0 Å². The van der Waals surface area contributed by atoms with Crippen LogP contribution in [0.3, 0.4) is 0 Å². The van der Waals surface area contributed by atoms with Crippen LogP contribution in [-0.4, -0.2) is 53.2 Å². The molecule has 0 spiro atoms. The highest BCUT2D eigenvalue weighted by Crippen LogP contribution is 2.43. The molecule has 2 aromatic heterocycles. The van der Waals surface area contributed by atoms with Crippen molar-refractivity contribution in [1.29, 1.82) is 0 Å². The molecule has 1 unspecified atom stereocenters. The third kappa shape index (κ3) is 6.67. The second kappa shape index (κ2) is 12.9. The maximum absolute atomic E-state index is 12.0. The lowest BCUT2D eigenvalue weighted by Gasteiger charge is -2.37. The summed E-state index contributed by atoms with van der Waals surface area (Å²) in [5.74, 6) is 1.13. The van der Waals surface area contributed by atoms with Crippen LogP contribution in [0, 0.1) is 0 Å². The van der Waals surface area contributed by atoms with Gasteiger partial charge in [-0.3, -0.25) is 4.79 Å². The van der Waals surface area contributed by atoms with Crippen molar-refractivity contribution < 1.29 is 24.1 Å². The minimum atomic E-state index is -0.860. The Hall–Kier alpha value is -3.59. The normalized spacial score (nSPS) is 16.9. The first-order valence-electron chi connectivity index (χ1n) is 14.7. The molecule has 1 aromatic carbocycles. The van der Waals surface area contributed by atoms with Crippen LogP contribution in [0.15, 0.2) is 36.4 Å². The first-order valence-corrected chi connectivity index (χ1v) is 14.7. The fraction of sp³-hybridized carbons (Fsp3) is 0.531. The first kappa shape index (κ1) is 28.9. The average Bonchev–Trinajstić information content (AvgIpc) is 3.34. The smallest absolute Gasteiger partial charge is 0.303 e. The number of carboxylic acid groups (broad SMARTS) is 1. The summed E-state index contributed by atoms with van der Waals surface area (Å²) in [7, 11) is 5.25. The van der Waals surface area contributed by atoms with Crippen LogP contribution < -0.4 is 14.8 Å². The van der Waals surface area contributed by atoms with E-state index in [0.29, 0.717) is 31.1 Å². The standard InChI is InChI=1S/C32H42N4O5/c1-36-29(41-17-13-25-11-9-22-8-7-16-33-31(22)34-25)21-26(35-36)18-23(19-30(37)38)27-20-24(10-12-28(27)39-2)32(40-3)14-5-4-6-15-32/h9-12,20-21,23H,4-8,13-19H2,1-3H3,(H,33,34)(H,37,38). The maximum Gasteiger partial charge on any atom is 0.303 e. The Morgan fingerprint density at radius 1 is 1.10 bits per heavy atom. The summed E-state index contributed by atoms with van der Waals surface area (Å²) in [6, 6.07) is 12.2. The van der Waals surface area contributed by atoms with Gasteiger partial charge >= 0.3 is 5.97 Å². The highest BCUT2D eigenvalue weighted by atomic mass is 16.5. The van der Waals surface area contributed by atoms with E-state index in [1.165, 1.54) is 12.0 Å². The van der Waals surface area contributed by atoms with E-state index >= 15 is 0 Å². The zero-order valence-electron chi connectivity index (χ0n) is 24.4. The molecular formula is C32H42N4O5. The molecule has 41 heavy (non-hydrogen) atoms. The van der Waals surface area contributed by atoms with Gasteiger partial charge in [0.2, 0.25) is 5.88 Å².